The molecule has 0 radical (unpaired) electrons. The van der Waals surface area contributed by atoms with Crippen molar-refractivity contribution < 1.29 is 13.3 Å². The van der Waals surface area contributed by atoms with Crippen molar-refractivity contribution in [2.24, 2.45) is 10.1 Å². The predicted octanol–water partition coefficient (Wildman–Crippen LogP) is -0.516. The van der Waals surface area contributed by atoms with Gasteiger partial charge < -0.3 is 10.1 Å². The van der Waals surface area contributed by atoms with Crippen molar-refractivity contribution in [1.29, 1.82) is 0 Å². The molecule has 0 aromatic carbocycles. The lowest BCUT2D eigenvalue weighted by molar-refractivity contribution is -0.426. The van der Waals surface area contributed by atoms with Gasteiger partial charge in [0.05, 0.1) is 18.0 Å². The van der Waals surface area contributed by atoms with E-state index < -0.39 is 20.8 Å². The Hall–Kier alpha value is -1.44. The largest absolute Gasteiger partial charge is 0.358 e. The lowest BCUT2D eigenvalue weighted by Gasteiger charge is -1.93. The minimum Gasteiger partial charge on any atom is -0.358 e. The van der Waals surface area contributed by atoms with E-state index in [-0.39, 0.29) is 5.71 Å². The monoisotopic (exact) mass is 207 g/mol. The zero-order valence-corrected chi connectivity index (χ0v) is 7.91. The Labute approximate surface area is 75.2 Å². The molecule has 0 aliphatic rings. The average Bonchev–Trinajstić information content (AvgIpc) is 1.81. The van der Waals surface area contributed by atoms with Gasteiger partial charge in [-0.05, 0) is 11.8 Å². The number of sulfonamides is 1. The zero-order chi connectivity index (χ0) is 10.6. The molecule has 13 heavy (non-hydrogen) atoms. The lowest BCUT2D eigenvalue weighted by Crippen LogP contribution is -2.10. The van der Waals surface area contributed by atoms with Crippen molar-refractivity contribution in [3.8, 4) is 0 Å². The Morgan fingerprint density at radius 2 is 2.08 bits per heavy atom. The fourth-order valence-corrected chi connectivity index (χ4v) is 1.13. The Morgan fingerprint density at radius 3 is 2.38 bits per heavy atom. The van der Waals surface area contributed by atoms with Gasteiger partial charge in [0, 0.05) is 0 Å². The van der Waals surface area contributed by atoms with E-state index in [4.69, 9.17) is 5.73 Å². The van der Waals surface area contributed by atoms with Crippen LogP contribution < -0.4 is 5.73 Å². The Morgan fingerprint density at radius 1 is 1.62 bits per heavy atom. The van der Waals surface area contributed by atoms with Gasteiger partial charge in [-0.1, -0.05) is 0 Å². The summed E-state index contributed by atoms with van der Waals surface area (Å²) in [6, 6.07) is 0. The van der Waals surface area contributed by atoms with Crippen molar-refractivity contribution in [1.82, 2.24) is 0 Å². The molecule has 0 bridgehead atoms. The third kappa shape index (κ3) is 5.79. The number of allylic oxidation sites excluding steroid dienone is 1. The number of nitrogens with zero attached hydrogens (tertiary/aromatic N) is 2. The van der Waals surface area contributed by atoms with Crippen LogP contribution in [0.5, 0.6) is 0 Å². The van der Waals surface area contributed by atoms with Crippen molar-refractivity contribution in [2.75, 3.05) is 6.26 Å². The molecular weight excluding hydrogens is 198 g/mol. The highest BCUT2D eigenvalue weighted by Gasteiger charge is 2.02. The fourth-order valence-electron chi connectivity index (χ4n) is 0.555. The van der Waals surface area contributed by atoms with Crippen LogP contribution in [0, 0.1) is 10.1 Å². The molecule has 0 aliphatic heterocycles. The van der Waals surface area contributed by atoms with Crippen LogP contribution in [0.25, 0.3) is 0 Å². The predicted molar refractivity (Wildman–Crippen MR) is 47.2 cm³/mol. The van der Waals surface area contributed by atoms with E-state index in [1.54, 1.807) is 0 Å². The lowest BCUT2D eigenvalue weighted by atomic mass is 10.4. The molecule has 8 heteroatoms. The first-order valence-electron chi connectivity index (χ1n) is 3.10. The highest BCUT2D eigenvalue weighted by Crippen LogP contribution is 1.92. The minimum atomic E-state index is -3.53. The number of rotatable bonds is 3. The number of hydrogen-bond acceptors (Lipinski definition) is 5. The SMILES string of the molecule is CC(/C=C(\N)[N+](=O)[O-])=N\S(C)(=O)=O. The molecule has 0 amide bonds. The fraction of sp³-hybridized carbons (Fsp3) is 0.400. The maximum atomic E-state index is 10.6. The number of nitrogens with two attached hydrogens (primary N) is 1. The van der Waals surface area contributed by atoms with Crippen LogP contribution in [-0.2, 0) is 10.0 Å². The number of nitro groups is 1. The molecule has 0 rings (SSSR count). The third-order valence-corrected chi connectivity index (χ3v) is 1.50. The van der Waals surface area contributed by atoms with Gasteiger partial charge in [0.15, 0.2) is 0 Å². The molecule has 0 spiro atoms. The van der Waals surface area contributed by atoms with Gasteiger partial charge in [-0.15, -0.1) is 0 Å². The van der Waals surface area contributed by atoms with Crippen molar-refractivity contribution in [3.05, 3.63) is 22.0 Å². The molecule has 0 atom stereocenters. The first-order valence-corrected chi connectivity index (χ1v) is 4.95. The van der Waals surface area contributed by atoms with Crippen LogP contribution in [0.3, 0.4) is 0 Å². The quantitative estimate of drug-likeness (QED) is 0.380. The smallest absolute Gasteiger partial charge is 0.315 e. The second-order valence-electron chi connectivity index (χ2n) is 2.29. The molecule has 0 unspecified atom stereocenters. The van der Waals surface area contributed by atoms with Gasteiger partial charge >= 0.3 is 5.82 Å². The van der Waals surface area contributed by atoms with Gasteiger partial charge in [-0.3, -0.25) is 5.73 Å². The summed E-state index contributed by atoms with van der Waals surface area (Å²) in [6.07, 6.45) is 1.76. The van der Waals surface area contributed by atoms with E-state index in [9.17, 15) is 18.5 Å². The molecule has 0 aliphatic carbocycles. The van der Waals surface area contributed by atoms with Crippen LogP contribution in [0.15, 0.2) is 16.3 Å². The summed E-state index contributed by atoms with van der Waals surface area (Å²) in [5.41, 5.74) is 4.89. The van der Waals surface area contributed by atoms with E-state index in [0.29, 0.717) is 0 Å². The van der Waals surface area contributed by atoms with Gasteiger partial charge in [-0.2, -0.15) is 4.40 Å². The topological polar surface area (TPSA) is 116 Å². The van der Waals surface area contributed by atoms with Gasteiger partial charge in [-0.25, -0.2) is 8.42 Å². The number of hydrogen-bond donors (Lipinski definition) is 1. The maximum absolute atomic E-state index is 10.6. The zero-order valence-electron chi connectivity index (χ0n) is 7.09. The molecule has 0 fully saturated rings. The highest BCUT2D eigenvalue weighted by molar-refractivity contribution is 7.89. The Bertz CT molecular complexity index is 367. The molecule has 0 heterocycles. The van der Waals surface area contributed by atoms with Crippen LogP contribution in [0.1, 0.15) is 6.92 Å². The van der Waals surface area contributed by atoms with Crippen LogP contribution in [0.4, 0.5) is 0 Å². The van der Waals surface area contributed by atoms with E-state index in [1.807, 2.05) is 0 Å². The van der Waals surface area contributed by atoms with Gasteiger partial charge in [0.2, 0.25) is 10.0 Å². The summed E-state index contributed by atoms with van der Waals surface area (Å²) >= 11 is 0. The summed E-state index contributed by atoms with van der Waals surface area (Å²) < 4.78 is 24.3. The highest BCUT2D eigenvalue weighted by atomic mass is 32.2. The first-order chi connectivity index (χ1) is 5.72. The van der Waals surface area contributed by atoms with Crippen molar-refractivity contribution in [3.63, 3.8) is 0 Å². The molecule has 7 nitrogen and oxygen atoms in total. The molecular formula is C5H9N3O4S. The van der Waals surface area contributed by atoms with Gasteiger partial charge in [0.25, 0.3) is 0 Å². The molecule has 0 aromatic heterocycles. The molecule has 2 N–H and O–H groups in total. The van der Waals surface area contributed by atoms with E-state index >= 15 is 0 Å². The summed E-state index contributed by atoms with van der Waals surface area (Å²) in [5, 5.41) is 10.0. The van der Waals surface area contributed by atoms with Crippen molar-refractivity contribution >= 4 is 15.7 Å². The minimum absolute atomic E-state index is 0.0308. The maximum Gasteiger partial charge on any atom is 0.315 e. The average molecular weight is 207 g/mol. The van der Waals surface area contributed by atoms with Crippen molar-refractivity contribution in [2.45, 2.75) is 6.92 Å². The van der Waals surface area contributed by atoms with Gasteiger partial charge in [0.1, 0.15) is 0 Å². The van der Waals surface area contributed by atoms with Crippen LogP contribution in [-0.4, -0.2) is 25.3 Å². The van der Waals surface area contributed by atoms with E-state index in [0.717, 1.165) is 12.3 Å². The van der Waals surface area contributed by atoms with Crippen LogP contribution >= 0.6 is 0 Å². The molecule has 0 aromatic rings. The standard InChI is InChI=1S/C5H9N3O4S/c1-4(7-13(2,11)12)3-5(6)8(9)10/h3H,6H2,1-2H3/b5-3+,7-4+. The molecule has 74 valence electrons. The third-order valence-electron chi connectivity index (χ3n) is 0.877. The second-order valence-corrected chi connectivity index (χ2v) is 3.94. The summed E-state index contributed by atoms with van der Waals surface area (Å²) in [7, 11) is -3.53. The summed E-state index contributed by atoms with van der Waals surface area (Å²) in [4.78, 5) is 9.18. The van der Waals surface area contributed by atoms with E-state index in [2.05, 4.69) is 4.40 Å². The second kappa shape index (κ2) is 3.99. The summed E-state index contributed by atoms with van der Waals surface area (Å²) in [6.45, 7) is 1.30. The molecule has 0 saturated heterocycles. The van der Waals surface area contributed by atoms with E-state index in [1.165, 1.54) is 6.92 Å². The molecule has 0 saturated carbocycles. The first kappa shape index (κ1) is 11.6. The Balaban J connectivity index is 4.86. The summed E-state index contributed by atoms with van der Waals surface area (Å²) in [5.74, 6) is -0.648. The Kier molecular flexibility index (Phi) is 3.54. The van der Waals surface area contributed by atoms with Crippen LogP contribution in [0.2, 0.25) is 0 Å². The normalized spacial score (nSPS) is 14.3.